The average molecular weight is 224 g/mol. The van der Waals surface area contributed by atoms with Crippen LogP contribution in [0, 0.1) is 11.3 Å². The van der Waals surface area contributed by atoms with Crippen LogP contribution in [0.4, 0.5) is 0 Å². The first-order valence-electron chi connectivity index (χ1n) is 4.66. The summed E-state index contributed by atoms with van der Waals surface area (Å²) in [4.78, 5) is 11.4. The van der Waals surface area contributed by atoms with E-state index in [1.807, 2.05) is 13.8 Å². The average Bonchev–Trinajstić information content (AvgIpc) is 2.01. The van der Waals surface area contributed by atoms with Gasteiger partial charge in [-0.25, -0.2) is 0 Å². The number of esters is 1. The van der Waals surface area contributed by atoms with Crippen molar-refractivity contribution < 1.29 is 9.53 Å². The van der Waals surface area contributed by atoms with E-state index in [1.165, 1.54) is 7.11 Å². The van der Waals surface area contributed by atoms with Crippen molar-refractivity contribution in [1.82, 2.24) is 0 Å². The van der Waals surface area contributed by atoms with Crippen molar-refractivity contribution >= 4 is 18.4 Å². The molecule has 1 atom stereocenters. The zero-order chi connectivity index (χ0) is 10.6. The molecule has 0 aromatic carbocycles. The van der Waals surface area contributed by atoms with Gasteiger partial charge in [-0.15, -0.1) is 12.4 Å². The lowest BCUT2D eigenvalue weighted by molar-refractivity contribution is -0.152. The van der Waals surface area contributed by atoms with E-state index in [1.54, 1.807) is 0 Å². The summed E-state index contributed by atoms with van der Waals surface area (Å²) in [7, 11) is 1.40. The van der Waals surface area contributed by atoms with Crippen molar-refractivity contribution in [3.8, 4) is 0 Å². The molecule has 0 spiro atoms. The largest absolute Gasteiger partial charge is 0.469 e. The lowest BCUT2D eigenvalue weighted by atomic mass is 9.81. The second-order valence-corrected chi connectivity index (χ2v) is 4.45. The first kappa shape index (κ1) is 16.2. The van der Waals surface area contributed by atoms with Crippen LogP contribution in [0.5, 0.6) is 0 Å². The molecular formula is C10H22ClNO2. The Balaban J connectivity index is 0. The van der Waals surface area contributed by atoms with E-state index in [2.05, 4.69) is 13.8 Å². The molecule has 0 amide bonds. The molecule has 2 N–H and O–H groups in total. The third-order valence-corrected chi connectivity index (χ3v) is 2.36. The highest BCUT2D eigenvalue weighted by Gasteiger charge is 2.35. The van der Waals surface area contributed by atoms with Gasteiger partial charge in [-0.1, -0.05) is 13.8 Å². The highest BCUT2D eigenvalue weighted by molar-refractivity contribution is 5.85. The molecule has 0 aliphatic rings. The molecule has 14 heavy (non-hydrogen) atoms. The molecule has 3 nitrogen and oxygen atoms in total. The van der Waals surface area contributed by atoms with Crippen molar-refractivity contribution in [3.05, 3.63) is 0 Å². The van der Waals surface area contributed by atoms with E-state index < -0.39 is 5.41 Å². The summed E-state index contributed by atoms with van der Waals surface area (Å²) < 4.78 is 4.70. The lowest BCUT2D eigenvalue weighted by Gasteiger charge is -2.29. The maximum absolute atomic E-state index is 11.4. The van der Waals surface area contributed by atoms with Crippen LogP contribution in [0.3, 0.4) is 0 Å². The monoisotopic (exact) mass is 223 g/mol. The number of rotatable bonds is 4. The summed E-state index contributed by atoms with van der Waals surface area (Å²) in [6.07, 6.45) is 0.835. The second-order valence-electron chi connectivity index (χ2n) is 4.45. The van der Waals surface area contributed by atoms with Crippen molar-refractivity contribution in [1.29, 1.82) is 0 Å². The lowest BCUT2D eigenvalue weighted by Crippen LogP contribution is -2.44. The minimum absolute atomic E-state index is 0. The Bertz CT molecular complexity index is 181. The van der Waals surface area contributed by atoms with Crippen molar-refractivity contribution in [2.45, 2.75) is 40.2 Å². The fourth-order valence-corrected chi connectivity index (χ4v) is 1.22. The molecule has 0 aromatic rings. The molecule has 0 aliphatic heterocycles. The van der Waals surface area contributed by atoms with E-state index in [0.29, 0.717) is 5.92 Å². The Kier molecular flexibility index (Phi) is 7.21. The summed E-state index contributed by atoms with van der Waals surface area (Å²) in [6, 6.07) is -0.139. The van der Waals surface area contributed by atoms with Crippen LogP contribution < -0.4 is 5.73 Å². The molecule has 0 saturated heterocycles. The smallest absolute Gasteiger partial charge is 0.312 e. The zero-order valence-corrected chi connectivity index (χ0v) is 10.5. The minimum atomic E-state index is -0.584. The van der Waals surface area contributed by atoms with Gasteiger partial charge in [0.25, 0.3) is 0 Å². The number of ether oxygens (including phenoxy) is 1. The Hall–Kier alpha value is -0.280. The number of methoxy groups -OCH3 is 1. The van der Waals surface area contributed by atoms with Crippen molar-refractivity contribution in [3.63, 3.8) is 0 Å². The predicted octanol–water partition coefficient (Wildman–Crippen LogP) is 1.98. The SMILES string of the molecule is COC(=O)C(C)(C)[C@H](N)CC(C)C.Cl. The molecule has 0 rings (SSSR count). The van der Waals surface area contributed by atoms with E-state index in [9.17, 15) is 4.79 Å². The van der Waals surface area contributed by atoms with E-state index >= 15 is 0 Å². The Morgan fingerprint density at radius 2 is 1.86 bits per heavy atom. The molecule has 0 aliphatic carbocycles. The van der Waals surface area contributed by atoms with E-state index in [4.69, 9.17) is 10.5 Å². The van der Waals surface area contributed by atoms with Crippen LogP contribution in [0.25, 0.3) is 0 Å². The molecule has 0 radical (unpaired) electrons. The summed E-state index contributed by atoms with van der Waals surface area (Å²) in [5.74, 6) is 0.264. The van der Waals surface area contributed by atoms with Gasteiger partial charge in [0, 0.05) is 6.04 Å². The molecule has 0 saturated carbocycles. The number of hydrogen-bond donors (Lipinski definition) is 1. The Morgan fingerprint density at radius 3 is 2.14 bits per heavy atom. The van der Waals surface area contributed by atoms with Gasteiger partial charge in [-0.3, -0.25) is 4.79 Å². The zero-order valence-electron chi connectivity index (χ0n) is 9.66. The number of carbonyl (C=O) groups excluding carboxylic acids is 1. The van der Waals surface area contributed by atoms with Crippen LogP contribution in [-0.2, 0) is 9.53 Å². The summed E-state index contributed by atoms with van der Waals surface area (Å²) >= 11 is 0. The number of carbonyl (C=O) groups is 1. The Labute approximate surface area is 92.8 Å². The normalized spacial score (nSPS) is 13.4. The first-order chi connectivity index (χ1) is 5.82. The van der Waals surface area contributed by atoms with Gasteiger partial charge < -0.3 is 10.5 Å². The van der Waals surface area contributed by atoms with E-state index in [0.717, 1.165) is 6.42 Å². The van der Waals surface area contributed by atoms with Crippen molar-refractivity contribution in [2.24, 2.45) is 17.1 Å². The second kappa shape index (κ2) is 6.25. The van der Waals surface area contributed by atoms with Gasteiger partial charge in [-0.2, -0.15) is 0 Å². The standard InChI is InChI=1S/C10H21NO2.ClH/c1-7(2)6-8(11)10(3,4)9(12)13-5;/h7-8H,6,11H2,1-5H3;1H/t8-;/m1./s1. The van der Waals surface area contributed by atoms with Gasteiger partial charge in [0.05, 0.1) is 12.5 Å². The minimum Gasteiger partial charge on any atom is -0.469 e. The van der Waals surface area contributed by atoms with Gasteiger partial charge in [0.1, 0.15) is 0 Å². The first-order valence-corrected chi connectivity index (χ1v) is 4.66. The molecule has 0 heterocycles. The number of hydrogen-bond acceptors (Lipinski definition) is 3. The molecule has 0 unspecified atom stereocenters. The van der Waals surface area contributed by atoms with Gasteiger partial charge >= 0.3 is 5.97 Å². The molecular weight excluding hydrogens is 202 g/mol. The van der Waals surface area contributed by atoms with Crippen LogP contribution in [0.2, 0.25) is 0 Å². The van der Waals surface area contributed by atoms with Gasteiger partial charge in [-0.05, 0) is 26.2 Å². The molecule has 0 bridgehead atoms. The quantitative estimate of drug-likeness (QED) is 0.742. The molecule has 86 valence electrons. The van der Waals surface area contributed by atoms with Crippen LogP contribution in [0.1, 0.15) is 34.1 Å². The molecule has 0 fully saturated rings. The number of halogens is 1. The maximum atomic E-state index is 11.4. The predicted molar refractivity (Wildman–Crippen MR) is 60.5 cm³/mol. The summed E-state index contributed by atoms with van der Waals surface area (Å²) in [5, 5.41) is 0. The fourth-order valence-electron chi connectivity index (χ4n) is 1.22. The van der Waals surface area contributed by atoms with Crippen LogP contribution >= 0.6 is 12.4 Å². The van der Waals surface area contributed by atoms with Crippen LogP contribution in [0.15, 0.2) is 0 Å². The van der Waals surface area contributed by atoms with Gasteiger partial charge in [0.2, 0.25) is 0 Å². The van der Waals surface area contributed by atoms with E-state index in [-0.39, 0.29) is 24.4 Å². The van der Waals surface area contributed by atoms with Crippen LogP contribution in [-0.4, -0.2) is 19.1 Å². The van der Waals surface area contributed by atoms with Crippen molar-refractivity contribution in [2.75, 3.05) is 7.11 Å². The topological polar surface area (TPSA) is 52.3 Å². The highest BCUT2D eigenvalue weighted by Crippen LogP contribution is 2.25. The molecule has 0 aromatic heterocycles. The summed E-state index contributed by atoms with van der Waals surface area (Å²) in [6.45, 7) is 7.83. The third-order valence-electron chi connectivity index (χ3n) is 2.36. The van der Waals surface area contributed by atoms with Gasteiger partial charge in [0.15, 0.2) is 0 Å². The third kappa shape index (κ3) is 4.29. The summed E-state index contributed by atoms with van der Waals surface area (Å²) in [5.41, 5.74) is 5.34. The molecule has 4 heteroatoms. The number of nitrogens with two attached hydrogens (primary N) is 1. The highest BCUT2D eigenvalue weighted by atomic mass is 35.5. The maximum Gasteiger partial charge on any atom is 0.312 e. The fraction of sp³-hybridized carbons (Fsp3) is 0.900. The Morgan fingerprint density at radius 1 is 1.43 bits per heavy atom.